The Bertz CT molecular complexity index is 615. The zero-order valence-electron chi connectivity index (χ0n) is 11.3. The van der Waals surface area contributed by atoms with Gasteiger partial charge in [-0.25, -0.2) is 0 Å². The van der Waals surface area contributed by atoms with Crippen LogP contribution < -0.4 is 10.1 Å². The van der Waals surface area contributed by atoms with Crippen molar-refractivity contribution in [2.75, 3.05) is 11.9 Å². The standard InChI is InChI=1S/C13H15N5O2/c1-4-18-16-13(15-17-18)14-12(19)8-20-11-6-9(2)5-10(3)7-11/h4-7H,1,8H2,2-3H3,(H,14,16,19). The maximum Gasteiger partial charge on any atom is 0.270 e. The van der Waals surface area contributed by atoms with Crippen LogP contribution in [0.25, 0.3) is 6.20 Å². The molecule has 1 heterocycles. The maximum atomic E-state index is 11.7. The fourth-order valence-electron chi connectivity index (χ4n) is 1.68. The molecule has 104 valence electrons. The van der Waals surface area contributed by atoms with E-state index in [4.69, 9.17) is 4.74 Å². The molecule has 1 aromatic carbocycles. The average Bonchev–Trinajstić information content (AvgIpc) is 2.83. The van der Waals surface area contributed by atoms with Gasteiger partial charge in [0.1, 0.15) is 5.75 Å². The summed E-state index contributed by atoms with van der Waals surface area (Å²) in [5.74, 6) is 0.409. The Hall–Kier alpha value is -2.70. The number of nitrogens with zero attached hydrogens (tertiary/aromatic N) is 4. The van der Waals surface area contributed by atoms with Crippen LogP contribution in [0.3, 0.4) is 0 Å². The number of anilines is 1. The molecule has 2 aromatic rings. The van der Waals surface area contributed by atoms with Gasteiger partial charge in [0.2, 0.25) is 0 Å². The highest BCUT2D eigenvalue weighted by Gasteiger charge is 2.08. The first-order valence-electron chi connectivity index (χ1n) is 6.00. The van der Waals surface area contributed by atoms with E-state index in [1.165, 1.54) is 6.20 Å². The summed E-state index contributed by atoms with van der Waals surface area (Å²) in [6.45, 7) is 7.30. The predicted octanol–water partition coefficient (Wildman–Crippen LogP) is 1.41. The highest BCUT2D eigenvalue weighted by atomic mass is 16.5. The SMILES string of the molecule is C=Cn1nnc(NC(=O)COc2cc(C)cc(C)c2)n1. The van der Waals surface area contributed by atoms with Gasteiger partial charge in [0.05, 0.1) is 0 Å². The largest absolute Gasteiger partial charge is 0.484 e. The molecule has 2 rings (SSSR count). The number of carbonyl (C=O) groups is 1. The van der Waals surface area contributed by atoms with Crippen LogP contribution in [0.5, 0.6) is 5.75 Å². The minimum atomic E-state index is -0.354. The molecule has 7 heteroatoms. The van der Waals surface area contributed by atoms with Gasteiger partial charge in [-0.1, -0.05) is 17.7 Å². The summed E-state index contributed by atoms with van der Waals surface area (Å²) in [7, 11) is 0. The van der Waals surface area contributed by atoms with E-state index in [2.05, 4.69) is 27.3 Å². The Morgan fingerprint density at radius 2 is 2.10 bits per heavy atom. The third-order valence-corrected chi connectivity index (χ3v) is 2.41. The van der Waals surface area contributed by atoms with Crippen LogP contribution in [-0.2, 0) is 4.79 Å². The number of aromatic nitrogens is 4. The van der Waals surface area contributed by atoms with Gasteiger partial charge < -0.3 is 4.74 Å². The Kier molecular flexibility index (Phi) is 4.09. The monoisotopic (exact) mass is 273 g/mol. The van der Waals surface area contributed by atoms with E-state index in [1.54, 1.807) is 0 Å². The zero-order valence-corrected chi connectivity index (χ0v) is 11.3. The third-order valence-electron chi connectivity index (χ3n) is 2.41. The van der Waals surface area contributed by atoms with Crippen LogP contribution in [0.15, 0.2) is 24.8 Å². The molecule has 0 spiro atoms. The second kappa shape index (κ2) is 5.96. The van der Waals surface area contributed by atoms with E-state index in [0.29, 0.717) is 5.75 Å². The van der Waals surface area contributed by atoms with Crippen LogP contribution in [-0.4, -0.2) is 32.7 Å². The number of carbonyl (C=O) groups excluding carboxylic acids is 1. The number of nitrogens with one attached hydrogen (secondary N) is 1. The van der Waals surface area contributed by atoms with Crippen molar-refractivity contribution in [2.45, 2.75) is 13.8 Å². The zero-order chi connectivity index (χ0) is 14.5. The first-order valence-corrected chi connectivity index (χ1v) is 6.00. The average molecular weight is 273 g/mol. The van der Waals surface area contributed by atoms with Gasteiger partial charge in [0, 0.05) is 6.20 Å². The summed E-state index contributed by atoms with van der Waals surface area (Å²) in [6.07, 6.45) is 1.37. The number of hydrogen-bond donors (Lipinski definition) is 1. The highest BCUT2D eigenvalue weighted by molar-refractivity contribution is 5.90. The van der Waals surface area contributed by atoms with Crippen molar-refractivity contribution in [1.29, 1.82) is 0 Å². The van der Waals surface area contributed by atoms with Gasteiger partial charge in [-0.3, -0.25) is 10.1 Å². The van der Waals surface area contributed by atoms with Gasteiger partial charge >= 0.3 is 0 Å². The fraction of sp³-hybridized carbons (Fsp3) is 0.231. The second-order valence-electron chi connectivity index (χ2n) is 4.28. The quantitative estimate of drug-likeness (QED) is 0.890. The van der Waals surface area contributed by atoms with Crippen molar-refractivity contribution in [3.05, 3.63) is 35.9 Å². The van der Waals surface area contributed by atoms with Crippen molar-refractivity contribution in [1.82, 2.24) is 20.2 Å². The molecule has 0 saturated heterocycles. The normalized spacial score (nSPS) is 10.1. The van der Waals surface area contributed by atoms with Crippen molar-refractivity contribution < 1.29 is 9.53 Å². The molecule has 0 fully saturated rings. The molecule has 1 amide bonds. The molecular formula is C13H15N5O2. The molecule has 0 aliphatic rings. The minimum absolute atomic E-state index is 0.110. The summed E-state index contributed by atoms with van der Waals surface area (Å²) in [5, 5.41) is 13.6. The van der Waals surface area contributed by atoms with Gasteiger partial charge in [-0.2, -0.15) is 0 Å². The van der Waals surface area contributed by atoms with Gasteiger partial charge in [0.25, 0.3) is 11.9 Å². The maximum absolute atomic E-state index is 11.7. The molecule has 20 heavy (non-hydrogen) atoms. The Balaban J connectivity index is 1.90. The lowest BCUT2D eigenvalue weighted by atomic mass is 10.1. The van der Waals surface area contributed by atoms with E-state index >= 15 is 0 Å². The molecule has 0 bridgehead atoms. The molecule has 7 nitrogen and oxygen atoms in total. The Morgan fingerprint density at radius 1 is 1.40 bits per heavy atom. The van der Waals surface area contributed by atoms with Crippen LogP contribution >= 0.6 is 0 Å². The summed E-state index contributed by atoms with van der Waals surface area (Å²) in [5.41, 5.74) is 2.16. The molecule has 0 atom stereocenters. The lowest BCUT2D eigenvalue weighted by Crippen LogP contribution is -2.21. The first kappa shape index (κ1) is 13.7. The molecule has 0 saturated carbocycles. The third kappa shape index (κ3) is 3.64. The number of rotatable bonds is 5. The van der Waals surface area contributed by atoms with E-state index in [0.717, 1.165) is 15.9 Å². The van der Waals surface area contributed by atoms with Crippen LogP contribution in [0.4, 0.5) is 5.95 Å². The fourth-order valence-corrected chi connectivity index (χ4v) is 1.68. The van der Waals surface area contributed by atoms with E-state index < -0.39 is 0 Å². The summed E-state index contributed by atoms with van der Waals surface area (Å²) in [6, 6.07) is 5.77. The predicted molar refractivity (Wildman–Crippen MR) is 74.2 cm³/mol. The number of aryl methyl sites for hydroxylation is 2. The van der Waals surface area contributed by atoms with Crippen molar-refractivity contribution >= 4 is 18.1 Å². The lowest BCUT2D eigenvalue weighted by molar-refractivity contribution is -0.118. The van der Waals surface area contributed by atoms with Crippen LogP contribution in [0, 0.1) is 13.8 Å². The first-order chi connectivity index (χ1) is 9.56. The molecule has 0 aliphatic heterocycles. The topological polar surface area (TPSA) is 81.9 Å². The minimum Gasteiger partial charge on any atom is -0.484 e. The summed E-state index contributed by atoms with van der Waals surface area (Å²) < 4.78 is 5.42. The number of tetrazole rings is 1. The van der Waals surface area contributed by atoms with Crippen LogP contribution in [0.2, 0.25) is 0 Å². The van der Waals surface area contributed by atoms with Crippen molar-refractivity contribution in [2.24, 2.45) is 0 Å². The summed E-state index contributed by atoms with van der Waals surface area (Å²) >= 11 is 0. The molecule has 0 unspecified atom stereocenters. The van der Waals surface area contributed by atoms with E-state index in [9.17, 15) is 4.79 Å². The smallest absolute Gasteiger partial charge is 0.270 e. The molecule has 0 aliphatic carbocycles. The number of ether oxygens (including phenoxy) is 1. The number of hydrogen-bond acceptors (Lipinski definition) is 5. The van der Waals surface area contributed by atoms with Crippen molar-refractivity contribution in [3.63, 3.8) is 0 Å². The highest BCUT2D eigenvalue weighted by Crippen LogP contribution is 2.16. The Morgan fingerprint density at radius 3 is 2.70 bits per heavy atom. The van der Waals surface area contributed by atoms with Gasteiger partial charge in [-0.15, -0.1) is 9.90 Å². The lowest BCUT2D eigenvalue weighted by Gasteiger charge is -2.07. The molecular weight excluding hydrogens is 258 g/mol. The number of benzene rings is 1. The van der Waals surface area contributed by atoms with Crippen LogP contribution in [0.1, 0.15) is 11.1 Å². The van der Waals surface area contributed by atoms with Crippen molar-refractivity contribution in [3.8, 4) is 5.75 Å². The molecule has 1 aromatic heterocycles. The van der Waals surface area contributed by atoms with Gasteiger partial charge in [0.15, 0.2) is 6.61 Å². The molecule has 1 N–H and O–H groups in total. The second-order valence-corrected chi connectivity index (χ2v) is 4.28. The van der Waals surface area contributed by atoms with E-state index in [1.807, 2.05) is 32.0 Å². The summed E-state index contributed by atoms with van der Waals surface area (Å²) in [4.78, 5) is 12.8. The Labute approximate surface area is 116 Å². The molecule has 0 radical (unpaired) electrons. The van der Waals surface area contributed by atoms with E-state index in [-0.39, 0.29) is 18.5 Å². The van der Waals surface area contributed by atoms with Gasteiger partial charge in [-0.05, 0) is 42.3 Å². The number of amides is 1.